The Kier molecular flexibility index (Phi) is 5.48. The summed E-state index contributed by atoms with van der Waals surface area (Å²) in [6, 6.07) is 14.1. The van der Waals surface area contributed by atoms with Crippen LogP contribution in [0.15, 0.2) is 48.7 Å². The Labute approximate surface area is 182 Å². The van der Waals surface area contributed by atoms with Gasteiger partial charge in [-0.05, 0) is 60.8 Å². The number of pyridine rings is 1. The zero-order chi connectivity index (χ0) is 21.4. The molecule has 162 valence electrons. The molecule has 0 spiro atoms. The lowest BCUT2D eigenvalue weighted by Gasteiger charge is -2.56. The van der Waals surface area contributed by atoms with Crippen LogP contribution in [0.25, 0.3) is 0 Å². The molecule has 1 N–H and O–H groups in total. The number of hydrogen-bond donors (Lipinski definition) is 1. The molecule has 3 fully saturated rings. The van der Waals surface area contributed by atoms with Gasteiger partial charge in [-0.15, -0.1) is 0 Å². The van der Waals surface area contributed by atoms with Gasteiger partial charge in [0.05, 0.1) is 6.61 Å². The summed E-state index contributed by atoms with van der Waals surface area (Å²) in [5, 5.41) is 9.42. The van der Waals surface area contributed by atoms with Gasteiger partial charge < -0.3 is 14.9 Å². The third-order valence-electron chi connectivity index (χ3n) is 7.30. The van der Waals surface area contributed by atoms with Crippen LogP contribution in [0.5, 0.6) is 0 Å². The number of nitrogens with zero attached hydrogens (tertiary/aromatic N) is 3. The van der Waals surface area contributed by atoms with Crippen molar-refractivity contribution in [1.82, 2.24) is 14.8 Å². The van der Waals surface area contributed by atoms with Gasteiger partial charge in [-0.2, -0.15) is 0 Å². The molecule has 2 bridgehead atoms. The molecule has 3 aliphatic heterocycles. The van der Waals surface area contributed by atoms with Gasteiger partial charge in [0.1, 0.15) is 5.69 Å². The van der Waals surface area contributed by atoms with Gasteiger partial charge in [0, 0.05) is 37.8 Å². The van der Waals surface area contributed by atoms with E-state index in [0.717, 1.165) is 25.7 Å². The second kappa shape index (κ2) is 8.42. The van der Waals surface area contributed by atoms with Crippen LogP contribution in [0, 0.1) is 11.8 Å². The molecular formula is C25H29N3O3. The summed E-state index contributed by atoms with van der Waals surface area (Å²) in [6.45, 7) is 1.22. The van der Waals surface area contributed by atoms with Crippen LogP contribution in [-0.4, -0.2) is 56.9 Å². The van der Waals surface area contributed by atoms with Crippen molar-refractivity contribution in [3.8, 4) is 0 Å². The molecule has 0 saturated carbocycles. The highest BCUT2D eigenvalue weighted by Gasteiger charge is 2.50. The molecule has 2 amide bonds. The van der Waals surface area contributed by atoms with Gasteiger partial charge >= 0.3 is 0 Å². The first kappa shape index (κ1) is 20.2. The van der Waals surface area contributed by atoms with Crippen molar-refractivity contribution < 1.29 is 14.7 Å². The monoisotopic (exact) mass is 419 g/mol. The van der Waals surface area contributed by atoms with E-state index in [-0.39, 0.29) is 36.4 Å². The van der Waals surface area contributed by atoms with Gasteiger partial charge in [0.15, 0.2) is 0 Å². The summed E-state index contributed by atoms with van der Waals surface area (Å²) >= 11 is 0. The van der Waals surface area contributed by atoms with Crippen molar-refractivity contribution in [2.45, 2.75) is 50.8 Å². The summed E-state index contributed by atoms with van der Waals surface area (Å²) in [6.07, 6.45) is 6.09. The molecule has 5 rings (SSSR count). The van der Waals surface area contributed by atoms with Crippen LogP contribution in [0.4, 0.5) is 0 Å². The Hall–Kier alpha value is -2.73. The quantitative estimate of drug-likeness (QED) is 0.827. The smallest absolute Gasteiger partial charge is 0.272 e. The van der Waals surface area contributed by atoms with E-state index < -0.39 is 0 Å². The lowest BCUT2D eigenvalue weighted by atomic mass is 9.70. The summed E-state index contributed by atoms with van der Waals surface area (Å²) in [5.74, 6) is 0.797. The molecule has 6 nitrogen and oxygen atoms in total. The minimum absolute atomic E-state index is 0.0703. The maximum absolute atomic E-state index is 13.3. The number of carbonyl (C=O) groups is 2. The van der Waals surface area contributed by atoms with Gasteiger partial charge in [0.2, 0.25) is 5.91 Å². The minimum Gasteiger partial charge on any atom is -0.392 e. The molecule has 4 atom stereocenters. The Bertz CT molecular complexity index is 963. The van der Waals surface area contributed by atoms with Crippen LogP contribution >= 0.6 is 0 Å². The first-order chi connectivity index (χ1) is 15.1. The number of piperidine rings is 3. The molecule has 1 aromatic carbocycles. The largest absolute Gasteiger partial charge is 0.392 e. The molecule has 2 aromatic rings. The fraction of sp³-hybridized carbons (Fsp3) is 0.480. The van der Waals surface area contributed by atoms with E-state index in [1.54, 1.807) is 18.3 Å². The van der Waals surface area contributed by atoms with Crippen LogP contribution in [-0.2, 0) is 17.8 Å². The number of rotatable bonds is 4. The molecular weight excluding hydrogens is 390 g/mol. The number of amides is 2. The number of aromatic nitrogens is 1. The average molecular weight is 420 g/mol. The number of hydrogen-bond acceptors (Lipinski definition) is 4. The maximum Gasteiger partial charge on any atom is 0.272 e. The van der Waals surface area contributed by atoms with Crippen molar-refractivity contribution in [3.63, 3.8) is 0 Å². The van der Waals surface area contributed by atoms with Crippen molar-refractivity contribution in [2.24, 2.45) is 11.8 Å². The number of benzene rings is 1. The Morgan fingerprint density at radius 2 is 1.90 bits per heavy atom. The van der Waals surface area contributed by atoms with E-state index in [0.29, 0.717) is 36.7 Å². The van der Waals surface area contributed by atoms with Gasteiger partial charge in [0.25, 0.3) is 5.91 Å². The highest BCUT2D eigenvalue weighted by atomic mass is 16.3. The molecule has 31 heavy (non-hydrogen) atoms. The Balaban J connectivity index is 1.43. The standard InChI is InChI=1S/C25H29N3O3/c29-16-18-9-10-26-21(11-18)25(31)27-14-19-13-20(15-27)23(12-17-5-2-1-3-6-17)28-22(19)7-4-8-24(28)30/h1-3,5-6,9-11,19-20,22-23,29H,4,7-8,12-16H2/t19-,20+,22+,23+/m1/s1. The number of fused-ring (bicyclic) bond motifs is 4. The highest BCUT2D eigenvalue weighted by Crippen LogP contribution is 2.42. The summed E-state index contributed by atoms with van der Waals surface area (Å²) < 4.78 is 0. The summed E-state index contributed by atoms with van der Waals surface area (Å²) in [5.41, 5.74) is 2.33. The van der Waals surface area contributed by atoms with E-state index in [4.69, 9.17) is 0 Å². The number of aliphatic hydroxyl groups is 1. The number of likely N-dealkylation sites (tertiary alicyclic amines) is 1. The molecule has 0 unspecified atom stereocenters. The lowest BCUT2D eigenvalue weighted by molar-refractivity contribution is -0.151. The second-order valence-electron chi connectivity index (χ2n) is 9.19. The third kappa shape index (κ3) is 3.85. The van der Waals surface area contributed by atoms with E-state index in [9.17, 15) is 14.7 Å². The molecule has 3 aliphatic rings. The zero-order valence-corrected chi connectivity index (χ0v) is 17.7. The van der Waals surface area contributed by atoms with Crippen molar-refractivity contribution in [1.29, 1.82) is 0 Å². The number of aliphatic hydroxyl groups excluding tert-OH is 1. The van der Waals surface area contributed by atoms with Crippen molar-refractivity contribution in [2.75, 3.05) is 13.1 Å². The SMILES string of the molecule is O=C(c1cc(CO)ccn1)N1C[C@H]2C[C@@H](C1)[C@H](Cc1ccccc1)N1C(=O)CCC[C@@H]21. The van der Waals surface area contributed by atoms with E-state index in [1.165, 1.54) is 5.56 Å². The average Bonchev–Trinajstić information content (AvgIpc) is 2.82. The molecule has 1 aromatic heterocycles. The first-order valence-corrected chi connectivity index (χ1v) is 11.3. The van der Waals surface area contributed by atoms with Crippen molar-refractivity contribution in [3.05, 3.63) is 65.5 Å². The van der Waals surface area contributed by atoms with Crippen LogP contribution < -0.4 is 0 Å². The number of carbonyl (C=O) groups excluding carboxylic acids is 2. The lowest BCUT2D eigenvalue weighted by Crippen LogP contribution is -2.66. The predicted octanol–water partition coefficient (Wildman–Crippen LogP) is 2.66. The van der Waals surface area contributed by atoms with Gasteiger partial charge in [-0.1, -0.05) is 30.3 Å². The van der Waals surface area contributed by atoms with E-state index in [2.05, 4.69) is 22.0 Å². The van der Waals surface area contributed by atoms with Crippen LogP contribution in [0.1, 0.15) is 47.3 Å². The molecule has 0 aliphatic carbocycles. The Morgan fingerprint density at radius 3 is 2.71 bits per heavy atom. The minimum atomic E-state index is -0.105. The van der Waals surface area contributed by atoms with E-state index in [1.807, 2.05) is 23.1 Å². The van der Waals surface area contributed by atoms with Gasteiger partial charge in [-0.3, -0.25) is 14.6 Å². The zero-order valence-electron chi connectivity index (χ0n) is 17.7. The van der Waals surface area contributed by atoms with E-state index >= 15 is 0 Å². The summed E-state index contributed by atoms with van der Waals surface area (Å²) in [4.78, 5) is 34.7. The van der Waals surface area contributed by atoms with Crippen LogP contribution in [0.2, 0.25) is 0 Å². The predicted molar refractivity (Wildman–Crippen MR) is 116 cm³/mol. The maximum atomic E-state index is 13.3. The molecule has 6 heteroatoms. The van der Waals surface area contributed by atoms with Crippen LogP contribution in [0.3, 0.4) is 0 Å². The fourth-order valence-electron chi connectivity index (χ4n) is 5.91. The second-order valence-corrected chi connectivity index (χ2v) is 9.19. The molecule has 0 radical (unpaired) electrons. The highest BCUT2D eigenvalue weighted by molar-refractivity contribution is 5.92. The third-order valence-corrected chi connectivity index (χ3v) is 7.30. The fourth-order valence-corrected chi connectivity index (χ4v) is 5.91. The first-order valence-electron chi connectivity index (χ1n) is 11.3. The Morgan fingerprint density at radius 1 is 1.10 bits per heavy atom. The topological polar surface area (TPSA) is 73.7 Å². The molecule has 4 heterocycles. The normalized spacial score (nSPS) is 27.7. The van der Waals surface area contributed by atoms with Crippen molar-refractivity contribution >= 4 is 11.8 Å². The van der Waals surface area contributed by atoms with Gasteiger partial charge in [-0.25, -0.2) is 0 Å². The summed E-state index contributed by atoms with van der Waals surface area (Å²) in [7, 11) is 0. The molecule has 3 saturated heterocycles.